The number of fused-ring (bicyclic) bond motifs is 2. The average Bonchev–Trinajstić information content (AvgIpc) is 2.66. The van der Waals surface area contributed by atoms with Gasteiger partial charge in [0.25, 0.3) is 5.56 Å². The van der Waals surface area contributed by atoms with Crippen LogP contribution in [0.5, 0.6) is 0 Å². The van der Waals surface area contributed by atoms with Crippen molar-refractivity contribution in [2.75, 3.05) is 13.1 Å². The molecule has 1 atom stereocenters. The average molecular weight is 350 g/mol. The molecule has 2 bridgehead atoms. The smallest absolute Gasteiger partial charge is 0.724 e. The minimum Gasteiger partial charge on any atom is -0.724 e. The summed E-state index contributed by atoms with van der Waals surface area (Å²) in [6.07, 6.45) is 2.96. The Morgan fingerprint density at radius 3 is 2.70 bits per heavy atom. The van der Waals surface area contributed by atoms with Gasteiger partial charge in [-0.25, -0.2) is 18.2 Å². The van der Waals surface area contributed by atoms with Crippen molar-refractivity contribution in [2.45, 2.75) is 6.04 Å². The van der Waals surface area contributed by atoms with Gasteiger partial charge in [-0.15, -0.1) is 0 Å². The van der Waals surface area contributed by atoms with E-state index in [9.17, 15) is 22.6 Å². The Morgan fingerprint density at radius 2 is 2.09 bits per heavy atom. The predicted octanol–water partition coefficient (Wildman–Crippen LogP) is -4.32. The first-order valence-corrected chi connectivity index (χ1v) is 7.56. The molecule has 118 valence electrons. The van der Waals surface area contributed by atoms with Gasteiger partial charge in [-0.1, -0.05) is 6.08 Å². The summed E-state index contributed by atoms with van der Waals surface area (Å²) in [6, 6.07) is -0.266. The summed E-state index contributed by atoms with van der Waals surface area (Å²) in [7, 11) is -3.55. The molecule has 1 aromatic rings. The zero-order valence-electron chi connectivity index (χ0n) is 12.4. The van der Waals surface area contributed by atoms with Crippen LogP contribution in [0.1, 0.15) is 5.69 Å². The van der Waals surface area contributed by atoms with E-state index in [2.05, 4.69) is 9.27 Å². The summed E-state index contributed by atoms with van der Waals surface area (Å²) in [4.78, 5) is 29.1. The van der Waals surface area contributed by atoms with Gasteiger partial charge in [-0.3, -0.25) is 4.79 Å². The molecule has 12 heteroatoms. The van der Waals surface area contributed by atoms with Crippen LogP contribution in [0.25, 0.3) is 5.57 Å². The van der Waals surface area contributed by atoms with E-state index < -0.39 is 22.5 Å². The topological polar surface area (TPSA) is 125 Å². The molecule has 1 unspecified atom stereocenters. The third kappa shape index (κ3) is 3.49. The molecule has 2 amide bonds. The van der Waals surface area contributed by atoms with E-state index in [1.54, 1.807) is 6.08 Å². The summed E-state index contributed by atoms with van der Waals surface area (Å²) >= 11 is 0. The maximum absolute atomic E-state index is 12.0. The van der Waals surface area contributed by atoms with Crippen LogP contribution in [0.15, 0.2) is 23.3 Å². The SMILES string of the molecule is Cn1cnc(C2=CCN3CC2N(OS(=O)(=O)[O-])C3=O)cc1=O.[Na+]. The minimum atomic E-state index is -5.08. The van der Waals surface area contributed by atoms with E-state index in [4.69, 9.17) is 0 Å². The number of carbonyl (C=O) groups is 1. The number of carbonyl (C=O) groups excluding carboxylic acids is 1. The number of nitrogens with zero attached hydrogens (tertiary/aromatic N) is 4. The zero-order chi connectivity index (χ0) is 16.1. The van der Waals surface area contributed by atoms with Gasteiger partial charge >= 0.3 is 35.6 Å². The van der Waals surface area contributed by atoms with Gasteiger partial charge < -0.3 is 14.0 Å². The van der Waals surface area contributed by atoms with Crippen molar-refractivity contribution < 1.29 is 51.6 Å². The minimum absolute atomic E-state index is 0. The molecule has 1 aromatic heterocycles. The van der Waals surface area contributed by atoms with Crippen molar-refractivity contribution in [1.29, 1.82) is 0 Å². The molecule has 0 radical (unpaired) electrons. The Bertz CT molecular complexity index is 835. The third-order valence-electron chi connectivity index (χ3n) is 3.47. The van der Waals surface area contributed by atoms with Crippen molar-refractivity contribution in [3.8, 4) is 0 Å². The Balaban J connectivity index is 0.00000192. The van der Waals surface area contributed by atoms with E-state index in [0.29, 0.717) is 16.3 Å². The third-order valence-corrected chi connectivity index (χ3v) is 3.81. The van der Waals surface area contributed by atoms with Crippen LogP contribution in [-0.4, -0.2) is 57.6 Å². The van der Waals surface area contributed by atoms with Crippen LogP contribution in [0, 0.1) is 0 Å². The molecular weight excluding hydrogens is 339 g/mol. The number of rotatable bonds is 3. The normalized spacial score (nSPS) is 20.3. The van der Waals surface area contributed by atoms with Crippen molar-refractivity contribution in [3.05, 3.63) is 34.5 Å². The maximum atomic E-state index is 12.0. The fourth-order valence-corrected chi connectivity index (χ4v) is 2.80. The molecule has 2 aliphatic rings. The van der Waals surface area contributed by atoms with Gasteiger partial charge in [0.15, 0.2) is 0 Å². The number of aromatic nitrogens is 2. The van der Waals surface area contributed by atoms with Gasteiger partial charge in [0, 0.05) is 25.2 Å². The molecule has 2 aliphatic heterocycles. The Labute approximate surface area is 153 Å². The number of amides is 2. The fourth-order valence-electron chi connectivity index (χ4n) is 2.43. The van der Waals surface area contributed by atoms with Gasteiger partial charge in [0.2, 0.25) is 10.4 Å². The molecule has 0 saturated carbocycles. The molecule has 0 aliphatic carbocycles. The second-order valence-electron chi connectivity index (χ2n) is 4.89. The van der Waals surface area contributed by atoms with Crippen LogP contribution in [-0.2, 0) is 21.7 Å². The maximum Gasteiger partial charge on any atom is 1.00 e. The summed E-state index contributed by atoms with van der Waals surface area (Å²) in [5.41, 5.74) is 0.462. The quantitative estimate of drug-likeness (QED) is 0.307. The van der Waals surface area contributed by atoms with Crippen LogP contribution in [0.2, 0.25) is 0 Å². The second-order valence-corrected chi connectivity index (χ2v) is 5.86. The van der Waals surface area contributed by atoms with E-state index in [1.165, 1.54) is 28.9 Å². The van der Waals surface area contributed by atoms with Crippen LogP contribution in [0.4, 0.5) is 4.79 Å². The first-order chi connectivity index (χ1) is 10.3. The van der Waals surface area contributed by atoms with E-state index >= 15 is 0 Å². The van der Waals surface area contributed by atoms with E-state index in [0.717, 1.165) is 0 Å². The summed E-state index contributed by atoms with van der Waals surface area (Å²) in [5.74, 6) is 0. The largest absolute Gasteiger partial charge is 1.00 e. The molecule has 1 fully saturated rings. The molecule has 1 saturated heterocycles. The van der Waals surface area contributed by atoms with E-state index in [-0.39, 0.29) is 48.2 Å². The Hall–Kier alpha value is -1.24. The molecular formula is C11H11N4NaO6S. The van der Waals surface area contributed by atoms with Gasteiger partial charge in [0.1, 0.15) is 6.04 Å². The summed E-state index contributed by atoms with van der Waals surface area (Å²) in [5, 5.41) is 0.514. The van der Waals surface area contributed by atoms with Crippen LogP contribution >= 0.6 is 0 Å². The van der Waals surface area contributed by atoms with Crippen molar-refractivity contribution in [2.24, 2.45) is 7.05 Å². The number of hydroxylamine groups is 2. The van der Waals surface area contributed by atoms with Gasteiger partial charge in [-0.2, -0.15) is 9.35 Å². The van der Waals surface area contributed by atoms with Gasteiger partial charge in [0.05, 0.1) is 18.6 Å². The monoisotopic (exact) mass is 350 g/mol. The summed E-state index contributed by atoms with van der Waals surface area (Å²) < 4.78 is 37.9. The van der Waals surface area contributed by atoms with Crippen LogP contribution < -0.4 is 35.1 Å². The van der Waals surface area contributed by atoms with Crippen LogP contribution in [0.3, 0.4) is 0 Å². The second kappa shape index (κ2) is 6.34. The summed E-state index contributed by atoms with van der Waals surface area (Å²) in [6.45, 7) is 0.359. The number of aryl methyl sites for hydroxylation is 1. The molecule has 0 spiro atoms. The molecule has 0 N–H and O–H groups in total. The molecule has 3 heterocycles. The first-order valence-electron chi connectivity index (χ1n) is 6.23. The van der Waals surface area contributed by atoms with Crippen molar-refractivity contribution in [1.82, 2.24) is 19.5 Å². The van der Waals surface area contributed by atoms with Crippen molar-refractivity contribution >= 4 is 22.0 Å². The molecule has 3 rings (SSSR count). The van der Waals surface area contributed by atoms with Gasteiger partial charge in [-0.05, 0) is 0 Å². The molecule has 10 nitrogen and oxygen atoms in total. The predicted molar refractivity (Wildman–Crippen MR) is 70.8 cm³/mol. The number of urea groups is 1. The van der Waals surface area contributed by atoms with Crippen molar-refractivity contribution in [3.63, 3.8) is 0 Å². The molecule has 23 heavy (non-hydrogen) atoms. The fraction of sp³-hybridized carbons (Fsp3) is 0.364. The first kappa shape index (κ1) is 18.1. The van der Waals surface area contributed by atoms with E-state index in [1.807, 2.05) is 0 Å². The Kier molecular flexibility index (Phi) is 4.99. The number of hydrogen-bond donors (Lipinski definition) is 0. The number of hydrogen-bond acceptors (Lipinski definition) is 7. The Morgan fingerprint density at radius 1 is 1.39 bits per heavy atom. The molecule has 0 aromatic carbocycles. The standard InChI is InChI=1S/C11H12N4O6S.Na/c1-13-6-12-8(4-10(13)16)7-2-3-14-5-9(7)15(11(14)17)21-22(18,19)20;/h2,4,6,9H,3,5H2,1H3,(H,18,19,20);/q;+1/p-1. The zero-order valence-corrected chi connectivity index (χ0v) is 15.2.